The van der Waals surface area contributed by atoms with Crippen molar-refractivity contribution in [3.8, 4) is 11.3 Å². The normalized spacial score (nSPS) is 19.0. The minimum absolute atomic E-state index is 0.190. The Kier molecular flexibility index (Phi) is 8.29. The lowest BCUT2D eigenvalue weighted by atomic mass is 9.71. The zero-order chi connectivity index (χ0) is 29.3. The number of pyridine rings is 2. The van der Waals surface area contributed by atoms with Gasteiger partial charge in [0, 0.05) is 37.1 Å². The highest BCUT2D eigenvalue weighted by Crippen LogP contribution is 2.38. The number of rotatable bonds is 7. The van der Waals surface area contributed by atoms with Crippen molar-refractivity contribution >= 4 is 27.6 Å². The third-order valence-electron chi connectivity index (χ3n) is 8.83. The smallest absolute Gasteiger partial charge is 0.280 e. The fourth-order valence-corrected chi connectivity index (χ4v) is 6.91. The highest BCUT2D eigenvalue weighted by molar-refractivity contribution is 7.19. The number of aliphatic hydroxyl groups excluding tert-OH is 1. The maximum Gasteiger partial charge on any atom is 0.280 e. The number of nitrogens with zero attached hydrogens (tertiary/aromatic N) is 6. The number of carbonyl (C=O) groups is 1. The van der Waals surface area contributed by atoms with Crippen LogP contribution >= 0.6 is 11.3 Å². The van der Waals surface area contributed by atoms with Gasteiger partial charge in [0.25, 0.3) is 5.91 Å². The SMILES string of the molecule is CC(C)(C)[C@H]1CCc2nc3sc(C(=O)NC(CCN4CCC(O)CC4)c4ccc(-c5ccnnc5)nc4)nc3cc2C1. The topological polar surface area (TPSA) is 117 Å². The van der Waals surface area contributed by atoms with Crippen molar-refractivity contribution < 1.29 is 9.90 Å². The Morgan fingerprint density at radius 2 is 1.95 bits per heavy atom. The minimum Gasteiger partial charge on any atom is -0.393 e. The quantitative estimate of drug-likeness (QED) is 0.311. The standard InChI is InChI=1S/C32H39N7O2S/c1-32(2,3)23-5-7-26-22(16-23)17-28-30(37-26)42-31(38-28)29(41)36-27(11-15-39-13-9-24(40)10-14-39)20-4-6-25(33-18-20)21-8-12-34-35-19-21/h4,6,8,12,17-19,23-24,27,40H,5,7,9-11,13-16H2,1-3H3,(H,36,41)/t23-,27?/m0/s1. The van der Waals surface area contributed by atoms with Gasteiger partial charge in [-0.15, -0.1) is 0 Å². The van der Waals surface area contributed by atoms with Gasteiger partial charge < -0.3 is 15.3 Å². The van der Waals surface area contributed by atoms with Crippen LogP contribution in [0, 0.1) is 11.3 Å². The number of hydrogen-bond donors (Lipinski definition) is 2. The number of hydrogen-bond acceptors (Lipinski definition) is 9. The van der Waals surface area contributed by atoms with E-state index in [1.807, 2.05) is 24.4 Å². The lowest BCUT2D eigenvalue weighted by molar-refractivity contribution is 0.0795. The molecule has 0 aromatic carbocycles. The van der Waals surface area contributed by atoms with Crippen LogP contribution in [0.4, 0.5) is 0 Å². The molecular formula is C32H39N7O2S. The Balaban J connectivity index is 1.21. The first-order chi connectivity index (χ1) is 20.2. The van der Waals surface area contributed by atoms with Gasteiger partial charge in [-0.1, -0.05) is 38.2 Å². The van der Waals surface area contributed by atoms with Crippen LogP contribution in [0.5, 0.6) is 0 Å². The van der Waals surface area contributed by atoms with Gasteiger partial charge in [0.05, 0.1) is 30.2 Å². The number of thiazole rings is 1. The summed E-state index contributed by atoms with van der Waals surface area (Å²) >= 11 is 1.37. The van der Waals surface area contributed by atoms with E-state index in [9.17, 15) is 9.90 Å². The molecule has 1 fully saturated rings. The molecule has 0 spiro atoms. The summed E-state index contributed by atoms with van der Waals surface area (Å²) in [6, 6.07) is 7.78. The first kappa shape index (κ1) is 28.8. The van der Waals surface area contributed by atoms with Crippen LogP contribution in [0.1, 0.15) is 79.1 Å². The van der Waals surface area contributed by atoms with Crippen LogP contribution in [0.3, 0.4) is 0 Å². The molecule has 5 heterocycles. The van der Waals surface area contributed by atoms with E-state index in [0.29, 0.717) is 10.9 Å². The van der Waals surface area contributed by atoms with Crippen molar-refractivity contribution in [2.75, 3.05) is 19.6 Å². The molecule has 1 aliphatic heterocycles. The molecule has 0 bridgehead atoms. The predicted molar refractivity (Wildman–Crippen MR) is 164 cm³/mol. The molecule has 2 N–H and O–H groups in total. The lowest BCUT2D eigenvalue weighted by Gasteiger charge is -2.34. The molecule has 0 saturated carbocycles. The van der Waals surface area contributed by atoms with Crippen LogP contribution in [0.15, 0.2) is 42.9 Å². The van der Waals surface area contributed by atoms with E-state index >= 15 is 0 Å². The summed E-state index contributed by atoms with van der Waals surface area (Å²) in [5, 5.41) is 21.4. The molecular weight excluding hydrogens is 546 g/mol. The van der Waals surface area contributed by atoms with Crippen molar-refractivity contribution in [1.29, 1.82) is 0 Å². The van der Waals surface area contributed by atoms with Gasteiger partial charge in [-0.25, -0.2) is 9.97 Å². The monoisotopic (exact) mass is 585 g/mol. The van der Waals surface area contributed by atoms with Gasteiger partial charge in [0.1, 0.15) is 10.3 Å². The first-order valence-corrected chi connectivity index (χ1v) is 15.8. The fourth-order valence-electron chi connectivity index (χ4n) is 6.07. The first-order valence-electron chi connectivity index (χ1n) is 15.0. The summed E-state index contributed by atoms with van der Waals surface area (Å²) in [5.74, 6) is 0.425. The number of aryl methyl sites for hydroxylation is 1. The lowest BCUT2D eigenvalue weighted by Crippen LogP contribution is -2.38. The zero-order valence-electron chi connectivity index (χ0n) is 24.6. The van der Waals surface area contributed by atoms with E-state index in [0.717, 1.165) is 91.0 Å². The molecule has 6 rings (SSSR count). The third kappa shape index (κ3) is 6.50. The number of carbonyl (C=O) groups excluding carboxylic acids is 1. The molecule has 1 unspecified atom stereocenters. The highest BCUT2D eigenvalue weighted by Gasteiger charge is 2.30. The van der Waals surface area contributed by atoms with E-state index in [-0.39, 0.29) is 23.5 Å². The molecule has 220 valence electrons. The Labute approximate surface area is 250 Å². The molecule has 4 aromatic heterocycles. The number of likely N-dealkylation sites (tertiary alicyclic amines) is 1. The van der Waals surface area contributed by atoms with Crippen molar-refractivity contribution in [1.82, 2.24) is 35.4 Å². The highest BCUT2D eigenvalue weighted by atomic mass is 32.1. The maximum absolute atomic E-state index is 13.6. The number of amides is 1. The Hall–Kier alpha value is -3.34. The van der Waals surface area contributed by atoms with E-state index in [1.165, 1.54) is 16.9 Å². The summed E-state index contributed by atoms with van der Waals surface area (Å²) in [6.07, 6.45) is 10.4. The van der Waals surface area contributed by atoms with Crippen LogP contribution in [-0.4, -0.2) is 66.8 Å². The van der Waals surface area contributed by atoms with E-state index in [1.54, 1.807) is 12.4 Å². The maximum atomic E-state index is 13.6. The summed E-state index contributed by atoms with van der Waals surface area (Å²) in [7, 11) is 0. The summed E-state index contributed by atoms with van der Waals surface area (Å²) in [5.41, 5.74) is 6.12. The van der Waals surface area contributed by atoms with Gasteiger partial charge in [-0.2, -0.15) is 10.2 Å². The van der Waals surface area contributed by atoms with Gasteiger partial charge >= 0.3 is 0 Å². The third-order valence-corrected chi connectivity index (χ3v) is 9.80. The molecule has 10 heteroatoms. The van der Waals surface area contributed by atoms with E-state index in [2.05, 4.69) is 52.2 Å². The molecule has 4 aromatic rings. The summed E-state index contributed by atoms with van der Waals surface area (Å²) in [6.45, 7) is 9.46. The van der Waals surface area contributed by atoms with Gasteiger partial charge in [0.2, 0.25) is 0 Å². The van der Waals surface area contributed by atoms with Crippen LogP contribution in [0.25, 0.3) is 21.6 Å². The van der Waals surface area contributed by atoms with Crippen molar-refractivity contribution in [3.05, 3.63) is 64.7 Å². The zero-order valence-corrected chi connectivity index (χ0v) is 25.4. The van der Waals surface area contributed by atoms with Crippen LogP contribution < -0.4 is 5.32 Å². The predicted octanol–water partition coefficient (Wildman–Crippen LogP) is 5.01. The Bertz CT molecular complexity index is 1530. The number of fused-ring (bicyclic) bond motifs is 2. The number of piperidine rings is 1. The van der Waals surface area contributed by atoms with Crippen molar-refractivity contribution in [2.24, 2.45) is 11.3 Å². The molecule has 2 aliphatic rings. The number of nitrogens with one attached hydrogen (secondary N) is 1. The fraction of sp³-hybridized carbons (Fsp3) is 0.500. The molecule has 0 radical (unpaired) electrons. The van der Waals surface area contributed by atoms with Crippen LogP contribution in [0.2, 0.25) is 0 Å². The second-order valence-electron chi connectivity index (χ2n) is 12.7. The Morgan fingerprint density at radius 3 is 2.67 bits per heavy atom. The molecule has 1 saturated heterocycles. The van der Waals surface area contributed by atoms with Crippen LogP contribution in [-0.2, 0) is 12.8 Å². The largest absolute Gasteiger partial charge is 0.393 e. The second-order valence-corrected chi connectivity index (χ2v) is 13.7. The Morgan fingerprint density at radius 1 is 1.12 bits per heavy atom. The minimum atomic E-state index is -0.234. The molecule has 1 amide bonds. The van der Waals surface area contributed by atoms with Crippen molar-refractivity contribution in [3.63, 3.8) is 0 Å². The van der Waals surface area contributed by atoms with E-state index < -0.39 is 0 Å². The van der Waals surface area contributed by atoms with E-state index in [4.69, 9.17) is 9.97 Å². The molecule has 2 atom stereocenters. The molecule has 9 nitrogen and oxygen atoms in total. The summed E-state index contributed by atoms with van der Waals surface area (Å²) in [4.78, 5) is 31.1. The number of aliphatic hydroxyl groups is 1. The van der Waals surface area contributed by atoms with Gasteiger partial charge in [0.15, 0.2) is 5.01 Å². The molecule has 42 heavy (non-hydrogen) atoms. The average molecular weight is 586 g/mol. The molecule has 1 aliphatic carbocycles. The summed E-state index contributed by atoms with van der Waals surface area (Å²) < 4.78 is 0. The second kappa shape index (κ2) is 12.1. The van der Waals surface area contributed by atoms with Gasteiger partial charge in [-0.05, 0) is 79.2 Å². The van der Waals surface area contributed by atoms with Crippen molar-refractivity contribution in [2.45, 2.75) is 71.4 Å². The number of aromatic nitrogens is 5. The average Bonchev–Trinajstić information content (AvgIpc) is 3.41. The van der Waals surface area contributed by atoms with Gasteiger partial charge in [-0.3, -0.25) is 9.78 Å².